The topological polar surface area (TPSA) is 29.5 Å². The van der Waals surface area contributed by atoms with Crippen LogP contribution in [0.5, 0.6) is 0 Å². The third-order valence-electron chi connectivity index (χ3n) is 4.59. The molecule has 0 N–H and O–H groups in total. The molecule has 0 amide bonds. The van der Waals surface area contributed by atoms with E-state index in [9.17, 15) is 4.79 Å². The number of rotatable bonds is 5. The van der Waals surface area contributed by atoms with Gasteiger partial charge in [-0.1, -0.05) is 44.2 Å². The Balaban J connectivity index is 2.26. The maximum atomic E-state index is 12.1. The molecule has 0 radical (unpaired) electrons. The van der Waals surface area contributed by atoms with E-state index in [-0.39, 0.29) is 17.3 Å². The van der Waals surface area contributed by atoms with E-state index >= 15 is 0 Å². The lowest BCUT2D eigenvalue weighted by Gasteiger charge is -2.44. The SMILES string of the molecule is COC(=O)C1CCCN1C(P)(Cc1ccccc1)C(C)C. The Labute approximate surface area is 130 Å². The van der Waals surface area contributed by atoms with Gasteiger partial charge in [0.15, 0.2) is 0 Å². The minimum Gasteiger partial charge on any atom is -0.468 e. The molecule has 21 heavy (non-hydrogen) atoms. The van der Waals surface area contributed by atoms with Crippen LogP contribution in [0, 0.1) is 5.92 Å². The maximum Gasteiger partial charge on any atom is 0.323 e. The molecule has 0 aromatic heterocycles. The first-order valence-corrected chi connectivity index (χ1v) is 8.24. The highest BCUT2D eigenvalue weighted by molar-refractivity contribution is 7.18. The van der Waals surface area contributed by atoms with Crippen molar-refractivity contribution in [2.75, 3.05) is 13.7 Å². The van der Waals surface area contributed by atoms with Crippen LogP contribution >= 0.6 is 9.24 Å². The van der Waals surface area contributed by atoms with Gasteiger partial charge in [-0.25, -0.2) is 0 Å². The monoisotopic (exact) mass is 307 g/mol. The summed E-state index contributed by atoms with van der Waals surface area (Å²) in [5.41, 5.74) is 1.30. The van der Waals surface area contributed by atoms with Crippen LogP contribution in [0.25, 0.3) is 0 Å². The number of esters is 1. The summed E-state index contributed by atoms with van der Waals surface area (Å²) >= 11 is 0. The molecule has 1 fully saturated rings. The van der Waals surface area contributed by atoms with Crippen molar-refractivity contribution in [3.63, 3.8) is 0 Å². The van der Waals surface area contributed by atoms with Crippen molar-refractivity contribution in [1.82, 2.24) is 4.90 Å². The fourth-order valence-electron chi connectivity index (χ4n) is 3.21. The number of ether oxygens (including phenoxy) is 1. The summed E-state index contributed by atoms with van der Waals surface area (Å²) in [7, 11) is 4.51. The quantitative estimate of drug-likeness (QED) is 0.618. The zero-order valence-electron chi connectivity index (χ0n) is 13.2. The van der Waals surface area contributed by atoms with Gasteiger partial charge in [-0.3, -0.25) is 9.69 Å². The summed E-state index contributed by atoms with van der Waals surface area (Å²) in [4.78, 5) is 14.4. The average Bonchev–Trinajstić information content (AvgIpc) is 2.97. The predicted octanol–water partition coefficient (Wildman–Crippen LogP) is 3.09. The molecular formula is C17H26NO2P. The molecule has 1 aromatic rings. The average molecular weight is 307 g/mol. The Morgan fingerprint density at radius 2 is 2.10 bits per heavy atom. The van der Waals surface area contributed by atoms with E-state index < -0.39 is 0 Å². The minimum atomic E-state index is -0.114. The highest BCUT2D eigenvalue weighted by Gasteiger charge is 2.44. The van der Waals surface area contributed by atoms with E-state index in [1.807, 2.05) is 6.07 Å². The second-order valence-electron chi connectivity index (χ2n) is 6.18. The maximum absolute atomic E-state index is 12.1. The van der Waals surface area contributed by atoms with Gasteiger partial charge in [-0.15, -0.1) is 9.24 Å². The Morgan fingerprint density at radius 1 is 1.43 bits per heavy atom. The summed E-state index contributed by atoms with van der Waals surface area (Å²) in [5, 5.41) is -0.114. The standard InChI is InChI=1S/C17H26NO2P/c1-13(2)17(21,12-14-8-5-4-6-9-14)18-11-7-10-15(18)16(19)20-3/h4-6,8-9,13,15H,7,10-12,21H2,1-3H3. The molecule has 3 atom stereocenters. The van der Waals surface area contributed by atoms with Crippen LogP contribution < -0.4 is 0 Å². The van der Waals surface area contributed by atoms with Gasteiger partial charge in [0.05, 0.1) is 7.11 Å². The molecule has 4 heteroatoms. The second kappa shape index (κ2) is 6.89. The molecule has 0 spiro atoms. The van der Waals surface area contributed by atoms with Crippen molar-refractivity contribution in [2.24, 2.45) is 5.92 Å². The Kier molecular flexibility index (Phi) is 5.40. The molecule has 0 bridgehead atoms. The molecule has 1 aliphatic rings. The first-order valence-electron chi connectivity index (χ1n) is 7.66. The molecule has 116 valence electrons. The van der Waals surface area contributed by atoms with Gasteiger partial charge in [0, 0.05) is 5.28 Å². The molecule has 1 heterocycles. The second-order valence-corrected chi connectivity index (χ2v) is 7.18. The number of likely N-dealkylation sites (tertiary alicyclic amines) is 1. The van der Waals surface area contributed by atoms with Gasteiger partial charge < -0.3 is 4.74 Å². The molecular weight excluding hydrogens is 281 g/mol. The van der Waals surface area contributed by atoms with Crippen LogP contribution in [0.2, 0.25) is 0 Å². The Hall–Kier alpha value is -0.920. The van der Waals surface area contributed by atoms with E-state index in [1.54, 1.807) is 0 Å². The lowest BCUT2D eigenvalue weighted by molar-refractivity contribution is -0.147. The number of carbonyl (C=O) groups is 1. The van der Waals surface area contributed by atoms with Gasteiger partial charge in [0.2, 0.25) is 0 Å². The van der Waals surface area contributed by atoms with E-state index in [1.165, 1.54) is 12.7 Å². The summed E-state index contributed by atoms with van der Waals surface area (Å²) < 4.78 is 5.00. The number of carbonyl (C=O) groups excluding carboxylic acids is 1. The van der Waals surface area contributed by atoms with Crippen molar-refractivity contribution >= 4 is 15.2 Å². The fraction of sp³-hybridized carbons (Fsp3) is 0.588. The third kappa shape index (κ3) is 3.46. The van der Waals surface area contributed by atoms with E-state index in [2.05, 4.69) is 52.3 Å². The molecule has 0 saturated carbocycles. The van der Waals surface area contributed by atoms with Crippen molar-refractivity contribution in [2.45, 2.75) is 44.4 Å². The lowest BCUT2D eigenvalue weighted by Crippen LogP contribution is -2.54. The van der Waals surface area contributed by atoms with Crippen molar-refractivity contribution in [1.29, 1.82) is 0 Å². The van der Waals surface area contributed by atoms with Crippen molar-refractivity contribution in [3.05, 3.63) is 35.9 Å². The minimum absolute atomic E-state index is 0.104. The normalized spacial score (nSPS) is 22.2. The number of hydrogen-bond donors (Lipinski definition) is 0. The van der Waals surface area contributed by atoms with Crippen LogP contribution in [0.3, 0.4) is 0 Å². The summed E-state index contributed by atoms with van der Waals surface area (Å²) in [6.07, 6.45) is 2.87. The van der Waals surface area contributed by atoms with Gasteiger partial charge in [0.1, 0.15) is 6.04 Å². The number of hydrogen-bond acceptors (Lipinski definition) is 3. The summed E-state index contributed by atoms with van der Waals surface area (Å²) in [6, 6.07) is 10.4. The first-order chi connectivity index (χ1) is 9.99. The molecule has 1 aromatic carbocycles. The molecule has 3 unspecified atom stereocenters. The Morgan fingerprint density at radius 3 is 2.67 bits per heavy atom. The van der Waals surface area contributed by atoms with E-state index in [4.69, 9.17) is 4.74 Å². The fourth-order valence-corrected chi connectivity index (χ4v) is 3.75. The number of methoxy groups -OCH3 is 1. The van der Waals surface area contributed by atoms with Crippen LogP contribution in [0.1, 0.15) is 32.3 Å². The lowest BCUT2D eigenvalue weighted by atomic mass is 9.93. The van der Waals surface area contributed by atoms with Crippen LogP contribution in [-0.2, 0) is 16.0 Å². The zero-order chi connectivity index (χ0) is 15.5. The Bertz CT molecular complexity index is 477. The third-order valence-corrected chi connectivity index (χ3v) is 5.79. The van der Waals surface area contributed by atoms with Gasteiger partial charge in [0.25, 0.3) is 0 Å². The largest absolute Gasteiger partial charge is 0.468 e. The smallest absolute Gasteiger partial charge is 0.323 e. The molecule has 3 nitrogen and oxygen atoms in total. The first kappa shape index (κ1) is 16.5. The molecule has 0 aliphatic carbocycles. The zero-order valence-corrected chi connectivity index (χ0v) is 14.4. The predicted molar refractivity (Wildman–Crippen MR) is 89.2 cm³/mol. The highest BCUT2D eigenvalue weighted by Crippen LogP contribution is 2.40. The van der Waals surface area contributed by atoms with Crippen LogP contribution in [-0.4, -0.2) is 35.8 Å². The van der Waals surface area contributed by atoms with Crippen LogP contribution in [0.4, 0.5) is 0 Å². The van der Waals surface area contributed by atoms with E-state index in [0.717, 1.165) is 25.8 Å². The summed E-state index contributed by atoms with van der Waals surface area (Å²) in [6.45, 7) is 5.40. The van der Waals surface area contributed by atoms with Crippen molar-refractivity contribution < 1.29 is 9.53 Å². The highest BCUT2D eigenvalue weighted by atomic mass is 31.0. The van der Waals surface area contributed by atoms with Gasteiger partial charge >= 0.3 is 5.97 Å². The van der Waals surface area contributed by atoms with Gasteiger partial charge in [-0.05, 0) is 37.3 Å². The number of benzene rings is 1. The van der Waals surface area contributed by atoms with Crippen LogP contribution in [0.15, 0.2) is 30.3 Å². The van der Waals surface area contributed by atoms with Crippen molar-refractivity contribution in [3.8, 4) is 0 Å². The van der Waals surface area contributed by atoms with E-state index in [0.29, 0.717) is 5.92 Å². The van der Waals surface area contributed by atoms with Gasteiger partial charge in [-0.2, -0.15) is 0 Å². The molecule has 1 saturated heterocycles. The number of nitrogens with zero attached hydrogens (tertiary/aromatic N) is 1. The molecule has 1 aliphatic heterocycles. The molecule has 2 rings (SSSR count). The summed E-state index contributed by atoms with van der Waals surface area (Å²) in [5.74, 6) is 0.320.